The van der Waals surface area contributed by atoms with Crippen LogP contribution in [0.25, 0.3) is 16.3 Å². The van der Waals surface area contributed by atoms with Crippen molar-refractivity contribution in [2.75, 3.05) is 31.2 Å². The second-order valence-corrected chi connectivity index (χ2v) is 9.41. The molecule has 0 bridgehead atoms. The zero-order valence-corrected chi connectivity index (χ0v) is 21.2. The van der Waals surface area contributed by atoms with Crippen LogP contribution in [0.5, 0.6) is 0 Å². The number of nitriles is 1. The molecule has 0 radical (unpaired) electrons. The van der Waals surface area contributed by atoms with Gasteiger partial charge in [-0.05, 0) is 66.8 Å². The van der Waals surface area contributed by atoms with Gasteiger partial charge in [-0.2, -0.15) is 5.26 Å². The maximum atomic E-state index is 10.4. The Morgan fingerprint density at radius 1 is 1.11 bits per heavy atom. The number of hydrogen-bond acceptors (Lipinski definition) is 7. The SMILES string of the molecule is CCCN(CCC)c1ccc2cc(C(C)=C(C#N)C(C)NC3COC(CO)C(O)C3O)ccc2c1. The van der Waals surface area contributed by atoms with Crippen molar-refractivity contribution in [3.63, 3.8) is 0 Å². The zero-order chi connectivity index (χ0) is 25.5. The number of nitrogens with zero attached hydrogens (tertiary/aromatic N) is 2. The molecule has 0 amide bonds. The molecule has 4 N–H and O–H groups in total. The van der Waals surface area contributed by atoms with E-state index in [4.69, 9.17) is 4.74 Å². The second kappa shape index (κ2) is 12.5. The highest BCUT2D eigenvalue weighted by Gasteiger charge is 2.38. The Morgan fingerprint density at radius 2 is 1.77 bits per heavy atom. The first-order valence-electron chi connectivity index (χ1n) is 12.6. The number of aliphatic hydroxyl groups is 3. The van der Waals surface area contributed by atoms with Gasteiger partial charge in [0.25, 0.3) is 0 Å². The summed E-state index contributed by atoms with van der Waals surface area (Å²) < 4.78 is 5.46. The van der Waals surface area contributed by atoms with E-state index in [1.165, 1.54) is 5.69 Å². The molecule has 5 unspecified atom stereocenters. The van der Waals surface area contributed by atoms with E-state index in [-0.39, 0.29) is 19.3 Å². The van der Waals surface area contributed by atoms with E-state index in [9.17, 15) is 20.6 Å². The fourth-order valence-corrected chi connectivity index (χ4v) is 4.83. The van der Waals surface area contributed by atoms with Crippen molar-refractivity contribution >= 4 is 22.0 Å². The molecule has 0 aliphatic carbocycles. The molecular formula is C28H39N3O4. The Kier molecular flexibility index (Phi) is 9.67. The maximum Gasteiger partial charge on any atom is 0.110 e. The third-order valence-electron chi connectivity index (χ3n) is 6.84. The summed E-state index contributed by atoms with van der Waals surface area (Å²) in [5.41, 5.74) is 3.62. The van der Waals surface area contributed by atoms with Crippen LogP contribution in [0.2, 0.25) is 0 Å². The van der Waals surface area contributed by atoms with Crippen LogP contribution in [-0.4, -0.2) is 72.0 Å². The van der Waals surface area contributed by atoms with Crippen LogP contribution in [0, 0.1) is 11.3 Å². The van der Waals surface area contributed by atoms with Crippen molar-refractivity contribution < 1.29 is 20.1 Å². The number of aliphatic hydroxyl groups excluding tert-OH is 3. The van der Waals surface area contributed by atoms with Crippen molar-refractivity contribution in [1.29, 1.82) is 5.26 Å². The molecule has 2 aromatic rings. The maximum absolute atomic E-state index is 10.4. The number of fused-ring (bicyclic) bond motifs is 1. The van der Waals surface area contributed by atoms with E-state index in [1.807, 2.05) is 19.9 Å². The van der Waals surface area contributed by atoms with Gasteiger partial charge in [0.1, 0.15) is 18.3 Å². The van der Waals surface area contributed by atoms with Crippen molar-refractivity contribution in [2.45, 2.75) is 70.9 Å². The average Bonchev–Trinajstić information content (AvgIpc) is 2.86. The lowest BCUT2D eigenvalue weighted by Crippen LogP contribution is -2.60. The van der Waals surface area contributed by atoms with Crippen molar-refractivity contribution in [1.82, 2.24) is 5.32 Å². The minimum Gasteiger partial charge on any atom is -0.394 e. The number of nitrogens with one attached hydrogen (secondary N) is 1. The predicted molar refractivity (Wildman–Crippen MR) is 140 cm³/mol. The molecule has 190 valence electrons. The molecule has 3 rings (SSSR count). The van der Waals surface area contributed by atoms with Crippen molar-refractivity contribution in [3.8, 4) is 6.07 Å². The van der Waals surface area contributed by atoms with E-state index in [0.717, 1.165) is 47.8 Å². The summed E-state index contributed by atoms with van der Waals surface area (Å²) in [5, 5.41) is 45.3. The minimum absolute atomic E-state index is 0.136. The van der Waals surface area contributed by atoms with Gasteiger partial charge in [0.05, 0.1) is 25.3 Å². The average molecular weight is 482 g/mol. The largest absolute Gasteiger partial charge is 0.394 e. The minimum atomic E-state index is -1.19. The predicted octanol–water partition coefficient (Wildman–Crippen LogP) is 3.22. The van der Waals surface area contributed by atoms with E-state index < -0.39 is 24.4 Å². The van der Waals surface area contributed by atoms with Crippen LogP contribution < -0.4 is 10.2 Å². The fourth-order valence-electron chi connectivity index (χ4n) is 4.83. The third-order valence-corrected chi connectivity index (χ3v) is 6.84. The molecule has 1 aliphatic rings. The summed E-state index contributed by atoms with van der Waals surface area (Å²) >= 11 is 0. The number of benzene rings is 2. The quantitative estimate of drug-likeness (QED) is 0.386. The molecule has 0 spiro atoms. The molecule has 5 atom stereocenters. The number of anilines is 1. The topological polar surface area (TPSA) is 109 Å². The normalized spacial score (nSPS) is 24.1. The molecule has 1 aliphatic heterocycles. The lowest BCUT2D eigenvalue weighted by molar-refractivity contribution is -0.162. The Balaban J connectivity index is 1.82. The van der Waals surface area contributed by atoms with Crippen LogP contribution >= 0.6 is 0 Å². The standard InChI is InChI=1S/C28H39N3O4/c1-5-11-31(12-6-2)23-10-9-21-13-20(7-8-22(21)14-23)18(3)24(15-29)19(4)30-25-17-35-26(16-32)28(34)27(25)33/h7-10,13-14,19,25-28,30,32-34H,5-6,11-12,16-17H2,1-4H3. The summed E-state index contributed by atoms with van der Waals surface area (Å²) in [6, 6.07) is 14.2. The highest BCUT2D eigenvalue weighted by Crippen LogP contribution is 2.28. The van der Waals surface area contributed by atoms with Crippen LogP contribution in [-0.2, 0) is 4.74 Å². The molecule has 0 aromatic heterocycles. The van der Waals surface area contributed by atoms with E-state index >= 15 is 0 Å². The van der Waals surface area contributed by atoms with Gasteiger partial charge >= 0.3 is 0 Å². The smallest absolute Gasteiger partial charge is 0.110 e. The Hall–Kier alpha value is -2.47. The highest BCUT2D eigenvalue weighted by molar-refractivity contribution is 5.89. The Morgan fingerprint density at radius 3 is 2.40 bits per heavy atom. The van der Waals surface area contributed by atoms with E-state index in [2.05, 4.69) is 60.5 Å². The Labute approximate surface area is 208 Å². The molecule has 7 heteroatoms. The van der Waals surface area contributed by atoms with Crippen LogP contribution in [0.4, 0.5) is 5.69 Å². The molecule has 7 nitrogen and oxygen atoms in total. The molecule has 0 saturated carbocycles. The monoisotopic (exact) mass is 481 g/mol. The molecule has 35 heavy (non-hydrogen) atoms. The van der Waals surface area contributed by atoms with E-state index in [0.29, 0.717) is 5.57 Å². The zero-order valence-electron chi connectivity index (χ0n) is 21.2. The van der Waals surface area contributed by atoms with E-state index in [1.54, 1.807) is 0 Å². The van der Waals surface area contributed by atoms with Gasteiger partial charge < -0.3 is 30.3 Å². The van der Waals surface area contributed by atoms with Gasteiger partial charge in [-0.15, -0.1) is 0 Å². The summed E-state index contributed by atoms with van der Waals surface area (Å²) in [4.78, 5) is 2.42. The fraction of sp³-hybridized carbons (Fsp3) is 0.536. The first-order valence-corrected chi connectivity index (χ1v) is 12.6. The van der Waals surface area contributed by atoms with Gasteiger partial charge in [0, 0.05) is 30.4 Å². The summed E-state index contributed by atoms with van der Waals surface area (Å²) in [6.45, 7) is 10.0. The van der Waals surface area contributed by atoms with Gasteiger partial charge in [-0.25, -0.2) is 0 Å². The third kappa shape index (κ3) is 6.21. The lowest BCUT2D eigenvalue weighted by Gasteiger charge is -2.38. The van der Waals surface area contributed by atoms with Gasteiger partial charge in [0.15, 0.2) is 0 Å². The van der Waals surface area contributed by atoms with Gasteiger partial charge in [0.2, 0.25) is 0 Å². The molecule has 1 saturated heterocycles. The highest BCUT2D eigenvalue weighted by atomic mass is 16.5. The van der Waals surface area contributed by atoms with Gasteiger partial charge in [-0.3, -0.25) is 0 Å². The number of hydrogen-bond donors (Lipinski definition) is 4. The summed E-state index contributed by atoms with van der Waals surface area (Å²) in [5.74, 6) is 0. The van der Waals surface area contributed by atoms with Crippen LogP contribution in [0.3, 0.4) is 0 Å². The van der Waals surface area contributed by atoms with Crippen molar-refractivity contribution in [3.05, 3.63) is 47.5 Å². The molecule has 1 heterocycles. The first-order chi connectivity index (χ1) is 16.8. The molecule has 1 fully saturated rings. The second-order valence-electron chi connectivity index (χ2n) is 9.41. The Bertz CT molecular complexity index is 1060. The number of ether oxygens (including phenoxy) is 1. The lowest BCUT2D eigenvalue weighted by atomic mass is 9.93. The number of rotatable bonds is 10. The van der Waals surface area contributed by atoms with Gasteiger partial charge in [-0.1, -0.05) is 32.0 Å². The van der Waals surface area contributed by atoms with Crippen LogP contribution in [0.1, 0.15) is 46.1 Å². The van der Waals surface area contributed by atoms with Crippen LogP contribution in [0.15, 0.2) is 42.0 Å². The molecule has 2 aromatic carbocycles. The number of allylic oxidation sites excluding steroid dienone is 1. The summed E-state index contributed by atoms with van der Waals surface area (Å²) in [7, 11) is 0. The van der Waals surface area contributed by atoms with Crippen molar-refractivity contribution in [2.24, 2.45) is 0 Å². The summed E-state index contributed by atoms with van der Waals surface area (Å²) in [6.07, 6.45) is -0.881. The molecular weight excluding hydrogens is 442 g/mol. The first kappa shape index (κ1) is 27.1.